The van der Waals surface area contributed by atoms with Crippen molar-refractivity contribution in [3.05, 3.63) is 33.6 Å². The van der Waals surface area contributed by atoms with Crippen molar-refractivity contribution in [1.82, 2.24) is 19.8 Å². The summed E-state index contributed by atoms with van der Waals surface area (Å²) in [6.45, 7) is 1.63. The van der Waals surface area contributed by atoms with E-state index in [1.54, 1.807) is 18.3 Å². The summed E-state index contributed by atoms with van der Waals surface area (Å²) in [5, 5.41) is 14.8. The Labute approximate surface area is 98.0 Å². The second kappa shape index (κ2) is 3.46. The van der Waals surface area contributed by atoms with E-state index in [2.05, 4.69) is 15.3 Å². The molecule has 0 radical (unpaired) electrons. The summed E-state index contributed by atoms with van der Waals surface area (Å²) in [5.74, 6) is 0. The number of aromatic nitrogens is 4. The molecule has 80 valence electrons. The van der Waals surface area contributed by atoms with Crippen molar-refractivity contribution >= 4 is 27.6 Å². The molecule has 3 aromatic heterocycles. The third-order valence-electron chi connectivity index (χ3n) is 2.08. The molecule has 3 rings (SSSR count). The summed E-state index contributed by atoms with van der Waals surface area (Å²) in [6, 6.07) is 3.92. The van der Waals surface area contributed by atoms with Gasteiger partial charge in [0.25, 0.3) is 5.56 Å². The highest BCUT2D eigenvalue weighted by Gasteiger charge is 2.11. The van der Waals surface area contributed by atoms with Crippen LogP contribution in [0.3, 0.4) is 0 Å². The molecule has 0 aromatic carbocycles. The number of fused-ring (bicyclic) bond motifs is 1. The highest BCUT2D eigenvalue weighted by atomic mass is 32.1. The van der Waals surface area contributed by atoms with Crippen LogP contribution in [-0.2, 0) is 0 Å². The van der Waals surface area contributed by atoms with Crippen molar-refractivity contribution < 1.29 is 0 Å². The Morgan fingerprint density at radius 2 is 2.25 bits per heavy atom. The van der Waals surface area contributed by atoms with Gasteiger partial charge in [-0.15, -0.1) is 21.5 Å². The average Bonchev–Trinajstić information content (AvgIpc) is 2.91. The Hall–Kier alpha value is -1.60. The summed E-state index contributed by atoms with van der Waals surface area (Å²) >= 11 is 2.95. The second-order valence-electron chi connectivity index (χ2n) is 3.17. The van der Waals surface area contributed by atoms with Crippen molar-refractivity contribution in [3.8, 4) is 9.88 Å². The van der Waals surface area contributed by atoms with Gasteiger partial charge in [0.15, 0.2) is 5.01 Å². The zero-order valence-electron chi connectivity index (χ0n) is 8.25. The summed E-state index contributed by atoms with van der Waals surface area (Å²) < 4.78 is 1.31. The molecule has 0 bridgehead atoms. The molecule has 3 heterocycles. The molecule has 16 heavy (non-hydrogen) atoms. The molecular weight excluding hydrogens is 244 g/mol. The molecule has 5 nitrogen and oxygen atoms in total. The second-order valence-corrected chi connectivity index (χ2v) is 5.07. The molecule has 0 saturated carbocycles. The predicted molar refractivity (Wildman–Crippen MR) is 63.0 cm³/mol. The van der Waals surface area contributed by atoms with Crippen LogP contribution in [0.2, 0.25) is 0 Å². The van der Waals surface area contributed by atoms with Gasteiger partial charge >= 0.3 is 0 Å². The minimum absolute atomic E-state index is 0.205. The molecule has 0 amide bonds. The van der Waals surface area contributed by atoms with Crippen LogP contribution in [-0.4, -0.2) is 19.8 Å². The molecule has 7 heteroatoms. The maximum absolute atomic E-state index is 11.7. The molecule has 0 spiro atoms. The first-order valence-electron chi connectivity index (χ1n) is 4.53. The lowest BCUT2D eigenvalue weighted by Crippen LogP contribution is -2.19. The highest BCUT2D eigenvalue weighted by Crippen LogP contribution is 2.27. The molecule has 3 aromatic rings. The van der Waals surface area contributed by atoms with Crippen molar-refractivity contribution in [3.63, 3.8) is 0 Å². The minimum Gasteiger partial charge on any atom is -0.265 e. The Bertz CT molecular complexity index is 698. The Balaban J connectivity index is 2.32. The van der Waals surface area contributed by atoms with E-state index in [0.29, 0.717) is 10.7 Å². The van der Waals surface area contributed by atoms with Gasteiger partial charge in [-0.25, -0.2) is 0 Å². The summed E-state index contributed by atoms with van der Waals surface area (Å²) in [7, 11) is 0. The minimum atomic E-state index is -0.205. The van der Waals surface area contributed by atoms with Crippen molar-refractivity contribution in [2.75, 3.05) is 0 Å². The van der Waals surface area contributed by atoms with E-state index in [1.165, 1.54) is 15.9 Å². The van der Waals surface area contributed by atoms with Gasteiger partial charge in [-0.05, 0) is 18.4 Å². The number of rotatable bonds is 1. The van der Waals surface area contributed by atoms with Crippen molar-refractivity contribution in [2.45, 2.75) is 6.92 Å². The smallest absolute Gasteiger partial charge is 0.265 e. The lowest BCUT2D eigenvalue weighted by Gasteiger charge is -1.88. The molecule has 0 aliphatic heterocycles. The largest absolute Gasteiger partial charge is 0.296 e. The van der Waals surface area contributed by atoms with E-state index in [9.17, 15) is 4.79 Å². The number of aryl methyl sites for hydroxylation is 1. The fourth-order valence-electron chi connectivity index (χ4n) is 1.29. The monoisotopic (exact) mass is 250 g/mol. The summed E-state index contributed by atoms with van der Waals surface area (Å²) in [6.07, 6.45) is 0. The number of hydrogen-bond acceptors (Lipinski definition) is 6. The Morgan fingerprint density at radius 1 is 1.38 bits per heavy atom. The van der Waals surface area contributed by atoms with Crippen LogP contribution >= 0.6 is 22.7 Å². The number of thiophene rings is 1. The van der Waals surface area contributed by atoms with Crippen LogP contribution in [0.25, 0.3) is 14.8 Å². The Morgan fingerprint density at radius 3 is 3.00 bits per heavy atom. The molecular formula is C9H6N4OS2. The van der Waals surface area contributed by atoms with Crippen molar-refractivity contribution in [1.29, 1.82) is 0 Å². The van der Waals surface area contributed by atoms with E-state index in [-0.39, 0.29) is 5.56 Å². The predicted octanol–water partition coefficient (Wildman–Crippen LogP) is 1.58. The first-order valence-corrected chi connectivity index (χ1v) is 6.22. The maximum Gasteiger partial charge on any atom is 0.296 e. The topological polar surface area (TPSA) is 60.1 Å². The Kier molecular flexibility index (Phi) is 2.08. The quantitative estimate of drug-likeness (QED) is 0.658. The van der Waals surface area contributed by atoms with Crippen molar-refractivity contribution in [2.24, 2.45) is 0 Å². The molecule has 0 aliphatic rings. The van der Waals surface area contributed by atoms with Gasteiger partial charge in [-0.1, -0.05) is 17.4 Å². The van der Waals surface area contributed by atoms with Gasteiger partial charge in [0.1, 0.15) is 5.69 Å². The average molecular weight is 250 g/mol. The lowest BCUT2D eigenvalue weighted by atomic mass is 10.5. The van der Waals surface area contributed by atoms with Gasteiger partial charge < -0.3 is 0 Å². The first-order chi connectivity index (χ1) is 7.75. The zero-order chi connectivity index (χ0) is 11.1. The third-order valence-corrected chi connectivity index (χ3v) is 4.02. The highest BCUT2D eigenvalue weighted by molar-refractivity contribution is 7.23. The van der Waals surface area contributed by atoms with Crippen LogP contribution in [0, 0.1) is 6.92 Å². The van der Waals surface area contributed by atoms with E-state index in [0.717, 1.165) is 9.88 Å². The fraction of sp³-hybridized carbons (Fsp3) is 0.111. The number of hydrogen-bond donors (Lipinski definition) is 0. The van der Waals surface area contributed by atoms with E-state index in [1.807, 2.05) is 17.5 Å². The van der Waals surface area contributed by atoms with Gasteiger partial charge in [-0.3, -0.25) is 4.79 Å². The first kappa shape index (κ1) is 9.61. The lowest BCUT2D eigenvalue weighted by molar-refractivity contribution is 0.830. The molecule has 0 atom stereocenters. The van der Waals surface area contributed by atoms with Crippen LogP contribution < -0.4 is 5.56 Å². The molecule has 0 saturated heterocycles. The van der Waals surface area contributed by atoms with E-state index >= 15 is 0 Å². The zero-order valence-corrected chi connectivity index (χ0v) is 9.88. The van der Waals surface area contributed by atoms with Crippen LogP contribution in [0.4, 0.5) is 0 Å². The molecule has 0 fully saturated rings. The van der Waals surface area contributed by atoms with Gasteiger partial charge in [0, 0.05) is 0 Å². The fourth-order valence-corrected chi connectivity index (χ4v) is 2.92. The van der Waals surface area contributed by atoms with Gasteiger partial charge in [-0.2, -0.15) is 9.61 Å². The standard InChI is InChI=1S/C9H6N4OS2/c1-5-8(14)13-9(11-10-5)16-7(12-13)6-3-2-4-15-6/h2-4H,1H3. The van der Waals surface area contributed by atoms with E-state index in [4.69, 9.17) is 0 Å². The molecule has 0 unspecified atom stereocenters. The van der Waals surface area contributed by atoms with Crippen LogP contribution in [0.15, 0.2) is 22.3 Å². The van der Waals surface area contributed by atoms with E-state index < -0.39 is 0 Å². The van der Waals surface area contributed by atoms with Gasteiger partial charge in [0.05, 0.1) is 4.88 Å². The summed E-state index contributed by atoms with van der Waals surface area (Å²) in [5.41, 5.74) is 0.157. The molecule has 0 aliphatic carbocycles. The number of nitrogens with zero attached hydrogens (tertiary/aromatic N) is 4. The van der Waals surface area contributed by atoms with Crippen LogP contribution in [0.1, 0.15) is 5.69 Å². The SMILES string of the molecule is Cc1nnc2sc(-c3cccs3)nn2c1=O. The maximum atomic E-state index is 11.7. The summed E-state index contributed by atoms with van der Waals surface area (Å²) in [4.78, 5) is 13.3. The normalized spacial score (nSPS) is 11.1. The molecule has 0 N–H and O–H groups in total. The third kappa shape index (κ3) is 1.36. The van der Waals surface area contributed by atoms with Crippen LogP contribution in [0.5, 0.6) is 0 Å². The van der Waals surface area contributed by atoms with Gasteiger partial charge in [0.2, 0.25) is 4.96 Å².